The van der Waals surface area contributed by atoms with Gasteiger partial charge in [-0.2, -0.15) is 10.2 Å². The van der Waals surface area contributed by atoms with Gasteiger partial charge in [-0.25, -0.2) is 4.68 Å². The zero-order chi connectivity index (χ0) is 20.1. The van der Waals surface area contributed by atoms with Crippen LogP contribution in [0.25, 0.3) is 5.69 Å². The van der Waals surface area contributed by atoms with E-state index in [-0.39, 0.29) is 0 Å². The van der Waals surface area contributed by atoms with Crippen molar-refractivity contribution in [3.63, 3.8) is 0 Å². The molecule has 1 aromatic heterocycles. The lowest BCUT2D eigenvalue weighted by Gasteiger charge is -2.05. The van der Waals surface area contributed by atoms with Crippen LogP contribution in [-0.4, -0.2) is 21.7 Å². The number of nitrogens with zero attached hydrogens (tertiary/aromatic N) is 4. The normalized spacial score (nSPS) is 11.0. The van der Waals surface area contributed by atoms with Gasteiger partial charge in [-0.05, 0) is 26.0 Å². The van der Waals surface area contributed by atoms with Crippen molar-refractivity contribution in [1.29, 1.82) is 0 Å². The second kappa shape index (κ2) is 8.48. The van der Waals surface area contributed by atoms with Crippen molar-refractivity contribution in [2.75, 3.05) is 0 Å². The first-order valence-electron chi connectivity index (χ1n) is 9.57. The van der Waals surface area contributed by atoms with Gasteiger partial charge in [0.25, 0.3) is 0 Å². The maximum absolute atomic E-state index is 4.67. The van der Waals surface area contributed by atoms with Crippen LogP contribution in [0.1, 0.15) is 28.1 Å². The van der Waals surface area contributed by atoms with Crippen molar-refractivity contribution in [2.45, 2.75) is 13.8 Å². The minimum atomic E-state index is 0.841. The molecule has 3 aromatic carbocycles. The van der Waals surface area contributed by atoms with Crippen LogP contribution in [0.3, 0.4) is 0 Å². The quantitative estimate of drug-likeness (QED) is 0.340. The Morgan fingerprint density at radius 2 is 1.28 bits per heavy atom. The third-order valence-electron chi connectivity index (χ3n) is 4.79. The van der Waals surface area contributed by atoms with Crippen molar-refractivity contribution in [3.05, 3.63) is 119 Å². The van der Waals surface area contributed by atoms with Crippen LogP contribution in [-0.2, 0) is 0 Å². The van der Waals surface area contributed by atoms with Crippen LogP contribution in [0.4, 0.5) is 0 Å². The topological polar surface area (TPSA) is 42.5 Å². The molecule has 0 spiro atoms. The van der Waals surface area contributed by atoms with E-state index in [4.69, 9.17) is 0 Å². The third-order valence-corrected chi connectivity index (χ3v) is 4.79. The summed E-state index contributed by atoms with van der Waals surface area (Å²) in [5.41, 5.74) is 6.88. The molecule has 4 aromatic rings. The second-order valence-corrected chi connectivity index (χ2v) is 6.76. The second-order valence-electron chi connectivity index (χ2n) is 6.76. The van der Waals surface area contributed by atoms with E-state index in [1.54, 1.807) is 6.21 Å². The van der Waals surface area contributed by atoms with Crippen molar-refractivity contribution < 1.29 is 0 Å². The van der Waals surface area contributed by atoms with Crippen molar-refractivity contribution in [1.82, 2.24) is 9.78 Å². The standard InChI is InChI=1S/C25H22N4/c1-19-24(20(2)29(28-19)23-16-10-5-11-17-23)18-26-27-25(21-12-6-3-7-13-21)22-14-8-4-9-15-22/h3-18H,1-2H3/b26-18-. The molecule has 142 valence electrons. The van der Waals surface area contributed by atoms with E-state index in [0.29, 0.717) is 0 Å². The van der Waals surface area contributed by atoms with Gasteiger partial charge in [-0.3, -0.25) is 0 Å². The Morgan fingerprint density at radius 3 is 1.83 bits per heavy atom. The molecule has 0 aliphatic carbocycles. The molecule has 0 aliphatic rings. The van der Waals surface area contributed by atoms with Gasteiger partial charge in [0.05, 0.1) is 23.3 Å². The predicted octanol–water partition coefficient (Wildman–Crippen LogP) is 5.36. The van der Waals surface area contributed by atoms with Gasteiger partial charge >= 0.3 is 0 Å². The highest BCUT2D eigenvalue weighted by Gasteiger charge is 2.11. The number of aryl methyl sites for hydroxylation is 1. The van der Waals surface area contributed by atoms with Crippen LogP contribution in [0.2, 0.25) is 0 Å². The van der Waals surface area contributed by atoms with Crippen LogP contribution in [0.5, 0.6) is 0 Å². The molecule has 1 heterocycles. The number of para-hydroxylation sites is 1. The Morgan fingerprint density at radius 1 is 0.759 bits per heavy atom. The van der Waals surface area contributed by atoms with E-state index < -0.39 is 0 Å². The fourth-order valence-electron chi connectivity index (χ4n) is 3.28. The zero-order valence-corrected chi connectivity index (χ0v) is 16.5. The Balaban J connectivity index is 1.71. The molecule has 0 atom stereocenters. The number of aromatic nitrogens is 2. The van der Waals surface area contributed by atoms with Gasteiger partial charge in [0, 0.05) is 16.7 Å². The van der Waals surface area contributed by atoms with E-state index in [0.717, 1.165) is 39.5 Å². The molecule has 0 fully saturated rings. The minimum absolute atomic E-state index is 0.841. The molecule has 29 heavy (non-hydrogen) atoms. The van der Waals surface area contributed by atoms with Gasteiger partial charge in [0.1, 0.15) is 5.71 Å². The molecule has 0 unspecified atom stereocenters. The van der Waals surface area contributed by atoms with Gasteiger partial charge in [0.15, 0.2) is 0 Å². The molecule has 0 saturated heterocycles. The van der Waals surface area contributed by atoms with E-state index in [1.165, 1.54) is 0 Å². The summed E-state index contributed by atoms with van der Waals surface area (Å²) in [5.74, 6) is 0. The van der Waals surface area contributed by atoms with Gasteiger partial charge < -0.3 is 0 Å². The van der Waals surface area contributed by atoms with Gasteiger partial charge in [-0.15, -0.1) is 5.10 Å². The predicted molar refractivity (Wildman–Crippen MR) is 119 cm³/mol. The van der Waals surface area contributed by atoms with Crippen LogP contribution in [0.15, 0.2) is 101 Å². The van der Waals surface area contributed by atoms with Crippen molar-refractivity contribution >= 4 is 11.9 Å². The molecule has 0 radical (unpaired) electrons. The summed E-state index contributed by atoms with van der Waals surface area (Å²) in [6.45, 7) is 4.04. The first-order chi connectivity index (χ1) is 14.2. The molecular weight excluding hydrogens is 356 g/mol. The molecule has 0 N–H and O–H groups in total. The van der Waals surface area contributed by atoms with Gasteiger partial charge in [-0.1, -0.05) is 78.9 Å². The average molecular weight is 378 g/mol. The maximum atomic E-state index is 4.67. The number of rotatable bonds is 5. The minimum Gasteiger partial charge on any atom is -0.237 e. The van der Waals surface area contributed by atoms with Crippen molar-refractivity contribution in [2.24, 2.45) is 10.2 Å². The van der Waals surface area contributed by atoms with Gasteiger partial charge in [0.2, 0.25) is 0 Å². The maximum Gasteiger partial charge on any atom is 0.100 e. The molecule has 4 heteroatoms. The summed E-state index contributed by atoms with van der Waals surface area (Å²) in [4.78, 5) is 0. The average Bonchev–Trinajstić information content (AvgIpc) is 3.07. The van der Waals surface area contributed by atoms with Crippen LogP contribution in [0, 0.1) is 13.8 Å². The lowest BCUT2D eigenvalue weighted by Crippen LogP contribution is -2.02. The first kappa shape index (κ1) is 18.6. The lowest BCUT2D eigenvalue weighted by atomic mass is 10.0. The lowest BCUT2D eigenvalue weighted by molar-refractivity contribution is 0.833. The molecule has 0 amide bonds. The van der Waals surface area contributed by atoms with E-state index in [9.17, 15) is 0 Å². The Kier molecular flexibility index (Phi) is 5.43. The largest absolute Gasteiger partial charge is 0.237 e. The molecule has 4 rings (SSSR count). The highest BCUT2D eigenvalue weighted by Crippen LogP contribution is 2.17. The van der Waals surface area contributed by atoms with Crippen LogP contribution < -0.4 is 0 Å². The fraction of sp³-hybridized carbons (Fsp3) is 0.0800. The van der Waals surface area contributed by atoms with E-state index >= 15 is 0 Å². The van der Waals surface area contributed by atoms with Crippen LogP contribution >= 0.6 is 0 Å². The summed E-state index contributed by atoms with van der Waals surface area (Å²) in [5, 5.41) is 13.7. The zero-order valence-electron chi connectivity index (χ0n) is 16.5. The summed E-state index contributed by atoms with van der Waals surface area (Å²) in [6, 6.07) is 30.3. The molecule has 0 aliphatic heterocycles. The van der Waals surface area contributed by atoms with Crippen molar-refractivity contribution in [3.8, 4) is 5.69 Å². The first-order valence-corrected chi connectivity index (χ1v) is 9.57. The Labute approximate surface area is 170 Å². The Hall–Kier alpha value is -3.79. The Bertz CT molecular complexity index is 1100. The molecule has 0 bridgehead atoms. The van der Waals surface area contributed by atoms with E-state index in [1.807, 2.05) is 110 Å². The monoisotopic (exact) mass is 378 g/mol. The SMILES string of the molecule is Cc1nn(-c2ccccc2)c(C)c1/C=N\N=C(c1ccccc1)c1ccccc1. The highest BCUT2D eigenvalue weighted by atomic mass is 15.3. The smallest absolute Gasteiger partial charge is 0.100 e. The number of hydrogen-bond donors (Lipinski definition) is 0. The molecule has 0 saturated carbocycles. The number of hydrogen-bond acceptors (Lipinski definition) is 3. The summed E-state index contributed by atoms with van der Waals surface area (Å²) < 4.78 is 1.94. The molecular formula is C25H22N4. The summed E-state index contributed by atoms with van der Waals surface area (Å²) in [7, 11) is 0. The third kappa shape index (κ3) is 4.06. The molecule has 4 nitrogen and oxygen atoms in total. The summed E-state index contributed by atoms with van der Waals surface area (Å²) in [6.07, 6.45) is 1.79. The van der Waals surface area contributed by atoms with E-state index in [2.05, 4.69) is 15.3 Å². The highest BCUT2D eigenvalue weighted by molar-refractivity contribution is 6.13. The fourth-order valence-corrected chi connectivity index (χ4v) is 3.28. The summed E-state index contributed by atoms with van der Waals surface area (Å²) >= 11 is 0. The number of benzene rings is 3.